The van der Waals surface area contributed by atoms with Crippen molar-refractivity contribution in [2.75, 3.05) is 39.8 Å². The van der Waals surface area contributed by atoms with Crippen molar-refractivity contribution in [3.63, 3.8) is 0 Å². The Morgan fingerprint density at radius 1 is 0.537 bits per heavy atom. The molecule has 0 radical (unpaired) electrons. The minimum absolute atomic E-state index is 0.130. The highest BCUT2D eigenvalue weighted by molar-refractivity contribution is 6.00. The Kier molecular flexibility index (Phi) is 12.6. The number of ether oxygens (including phenoxy) is 1. The number of aromatic nitrogens is 4. The number of nitrogens with one attached hydrogen (secondary N) is 4. The Morgan fingerprint density at radius 2 is 0.944 bits per heavy atom. The van der Waals surface area contributed by atoms with E-state index in [2.05, 4.69) is 64.9 Å². The summed E-state index contributed by atoms with van der Waals surface area (Å²) in [5, 5.41) is 10.5. The van der Waals surface area contributed by atoms with Crippen LogP contribution in [-0.2, 0) is 0 Å². The lowest BCUT2D eigenvalue weighted by molar-refractivity contribution is 0.261. The van der Waals surface area contributed by atoms with E-state index >= 15 is 0 Å². The van der Waals surface area contributed by atoms with E-state index in [4.69, 9.17) is 16.2 Å². The van der Waals surface area contributed by atoms with Gasteiger partial charge in [-0.3, -0.25) is 0 Å². The first kappa shape index (κ1) is 37.2. The summed E-state index contributed by atoms with van der Waals surface area (Å²) in [5.74, 6) is 10.8. The van der Waals surface area contributed by atoms with E-state index in [9.17, 15) is 18.4 Å². The molecule has 13 nitrogen and oxygen atoms in total. The maximum Gasteiger partial charge on any atom is 0.323 e. The fourth-order valence-electron chi connectivity index (χ4n) is 4.28. The summed E-state index contributed by atoms with van der Waals surface area (Å²) in [5.41, 5.74) is 15.4. The van der Waals surface area contributed by atoms with Crippen molar-refractivity contribution in [3.05, 3.63) is 150 Å². The van der Waals surface area contributed by atoms with E-state index in [1.165, 1.54) is 18.5 Å². The van der Waals surface area contributed by atoms with Crippen LogP contribution in [0.15, 0.2) is 116 Å². The number of nitrogens with zero attached hydrogens (tertiary/aromatic N) is 4. The molecule has 54 heavy (non-hydrogen) atoms. The molecule has 6 rings (SSSR count). The number of nitrogens with two attached hydrogens (primary N) is 2. The fourth-order valence-corrected chi connectivity index (χ4v) is 4.28. The summed E-state index contributed by atoms with van der Waals surface area (Å²) in [6.45, 7) is 0. The summed E-state index contributed by atoms with van der Waals surface area (Å²) in [6.07, 6.45) is 6.12. The minimum Gasteiger partial charge on any atom is -0.497 e. The molecule has 0 fully saturated rings. The quantitative estimate of drug-likeness (QED) is 0.108. The van der Waals surface area contributed by atoms with Crippen LogP contribution >= 0.6 is 0 Å². The van der Waals surface area contributed by atoms with Gasteiger partial charge in [0.15, 0.2) is 11.6 Å². The first-order valence-electron chi connectivity index (χ1n) is 15.8. The number of rotatable bonds is 5. The number of anilines is 6. The maximum atomic E-state index is 13.2. The van der Waals surface area contributed by atoms with Crippen LogP contribution in [0.1, 0.15) is 22.3 Å². The Labute approximate surface area is 308 Å². The van der Waals surface area contributed by atoms with Crippen molar-refractivity contribution in [2.45, 2.75) is 0 Å². The molecule has 0 bridgehead atoms. The highest BCUT2D eigenvalue weighted by atomic mass is 19.2. The van der Waals surface area contributed by atoms with Gasteiger partial charge in [-0.05, 0) is 72.8 Å². The average Bonchev–Trinajstić information content (AvgIpc) is 3.17. The van der Waals surface area contributed by atoms with Crippen LogP contribution in [0.5, 0.6) is 5.75 Å². The van der Waals surface area contributed by atoms with Gasteiger partial charge in [-0.25, -0.2) is 38.3 Å². The van der Waals surface area contributed by atoms with Gasteiger partial charge in [-0.1, -0.05) is 35.8 Å². The van der Waals surface area contributed by atoms with Crippen LogP contribution in [0.2, 0.25) is 0 Å². The van der Waals surface area contributed by atoms with Gasteiger partial charge in [0.25, 0.3) is 0 Å². The summed E-state index contributed by atoms with van der Waals surface area (Å²) in [6, 6.07) is 23.2. The van der Waals surface area contributed by atoms with E-state index in [0.717, 1.165) is 23.4 Å². The third kappa shape index (κ3) is 11.8. The topological polar surface area (TPSA) is 195 Å². The van der Waals surface area contributed by atoms with Crippen molar-refractivity contribution in [1.82, 2.24) is 19.9 Å². The lowest BCUT2D eigenvalue weighted by Crippen LogP contribution is -2.19. The number of carbonyl (C=O) groups is 2. The lowest BCUT2D eigenvalue weighted by atomic mass is 10.2. The molecule has 0 atom stereocenters. The van der Waals surface area contributed by atoms with Crippen molar-refractivity contribution < 1.29 is 23.1 Å². The SMILES string of the molecule is COc1ccc(NC(=O)Nc2cccc(C#Cc3cnc(N)nc3)c2)cc1.Nc1ncc(C#Cc2cccc(NC(=O)Nc3ccc(F)c(F)c3)c2)cn1. The van der Waals surface area contributed by atoms with E-state index in [1.807, 2.05) is 12.1 Å². The zero-order valence-corrected chi connectivity index (χ0v) is 28.4. The fraction of sp³-hybridized carbons (Fsp3) is 0.0256. The van der Waals surface area contributed by atoms with Gasteiger partial charge in [0, 0.05) is 64.7 Å². The molecule has 0 spiro atoms. The maximum absolute atomic E-state index is 13.2. The number of urea groups is 2. The minimum atomic E-state index is -1.04. The van der Waals surface area contributed by atoms with Gasteiger partial charge in [0.2, 0.25) is 11.9 Å². The monoisotopic (exact) mass is 724 g/mol. The standard InChI is InChI=1S/C20H17N5O2.C19H13F2N5O/c1-27-18-9-7-16(8-10-18)24-20(26)25-17-4-2-3-14(11-17)5-6-15-12-22-19(21)23-13-15;20-16-7-6-15(9-17(16)21)26-19(27)25-14-3-1-2-12(8-14)4-5-13-10-23-18(22)24-11-13/h2-4,7-13H,1H3,(H2,21,22,23)(H2,24,25,26);1-3,6-11H,(H2,22,23,24)(H2,25,26,27). The summed E-state index contributed by atoms with van der Waals surface area (Å²) >= 11 is 0. The molecule has 0 aliphatic rings. The lowest BCUT2D eigenvalue weighted by Gasteiger charge is -2.08. The second-order valence-electron chi connectivity index (χ2n) is 10.8. The molecule has 2 heterocycles. The van der Waals surface area contributed by atoms with Crippen molar-refractivity contribution in [1.29, 1.82) is 0 Å². The van der Waals surface area contributed by atoms with Gasteiger partial charge in [0.05, 0.1) is 18.2 Å². The highest BCUT2D eigenvalue weighted by Crippen LogP contribution is 2.17. The zero-order chi connectivity index (χ0) is 38.3. The predicted octanol–water partition coefficient (Wildman–Crippen LogP) is 6.49. The van der Waals surface area contributed by atoms with Gasteiger partial charge >= 0.3 is 12.1 Å². The zero-order valence-electron chi connectivity index (χ0n) is 28.4. The molecule has 268 valence electrons. The number of methoxy groups -OCH3 is 1. The van der Waals surface area contributed by atoms with Crippen LogP contribution in [0, 0.1) is 35.3 Å². The van der Waals surface area contributed by atoms with Gasteiger partial charge < -0.3 is 37.5 Å². The second-order valence-corrected chi connectivity index (χ2v) is 10.8. The second kappa shape index (κ2) is 18.3. The molecule has 0 unspecified atom stereocenters. The molecule has 8 N–H and O–H groups in total. The highest BCUT2D eigenvalue weighted by Gasteiger charge is 2.07. The van der Waals surface area contributed by atoms with Gasteiger partial charge in [0.1, 0.15) is 5.75 Å². The molecule has 4 aromatic carbocycles. The largest absolute Gasteiger partial charge is 0.497 e. The Morgan fingerprint density at radius 3 is 1.39 bits per heavy atom. The molecule has 4 amide bonds. The molecular formula is C39H30F2N10O3. The van der Waals surface area contributed by atoms with Crippen LogP contribution < -0.4 is 37.5 Å². The number of amides is 4. The number of nitrogen functional groups attached to an aromatic ring is 2. The third-order valence-electron chi connectivity index (χ3n) is 6.81. The molecule has 0 aliphatic carbocycles. The molecule has 0 saturated carbocycles. The van der Waals surface area contributed by atoms with Crippen LogP contribution in [0.25, 0.3) is 0 Å². The summed E-state index contributed by atoms with van der Waals surface area (Å²) in [7, 11) is 1.59. The number of benzene rings is 4. The van der Waals surface area contributed by atoms with Crippen LogP contribution in [0.4, 0.5) is 53.0 Å². The normalized spacial score (nSPS) is 9.76. The third-order valence-corrected chi connectivity index (χ3v) is 6.81. The first-order chi connectivity index (χ1) is 26.1. The number of hydrogen-bond donors (Lipinski definition) is 6. The van der Waals surface area contributed by atoms with E-state index in [0.29, 0.717) is 33.8 Å². The van der Waals surface area contributed by atoms with Crippen molar-refractivity contribution >= 4 is 46.7 Å². The summed E-state index contributed by atoms with van der Waals surface area (Å²) < 4.78 is 31.2. The molecular weight excluding hydrogens is 694 g/mol. The first-order valence-corrected chi connectivity index (χ1v) is 15.8. The smallest absolute Gasteiger partial charge is 0.323 e. The molecule has 0 aliphatic heterocycles. The number of hydrogen-bond acceptors (Lipinski definition) is 9. The molecule has 15 heteroatoms. The molecule has 6 aromatic rings. The summed E-state index contributed by atoms with van der Waals surface area (Å²) in [4.78, 5) is 39.6. The van der Waals surface area contributed by atoms with Crippen LogP contribution in [0.3, 0.4) is 0 Å². The molecule has 2 aromatic heterocycles. The van der Waals surface area contributed by atoms with E-state index in [-0.39, 0.29) is 23.6 Å². The van der Waals surface area contributed by atoms with E-state index in [1.54, 1.807) is 80.2 Å². The average molecular weight is 725 g/mol. The Hall–Kier alpha value is -8.04. The molecule has 0 saturated heterocycles. The van der Waals surface area contributed by atoms with Gasteiger partial charge in [-0.2, -0.15) is 0 Å². The number of carbonyl (C=O) groups excluding carboxylic acids is 2. The van der Waals surface area contributed by atoms with Gasteiger partial charge in [-0.15, -0.1) is 0 Å². The van der Waals surface area contributed by atoms with E-state index < -0.39 is 17.7 Å². The Balaban J connectivity index is 0.000000208. The van der Waals surface area contributed by atoms with Crippen molar-refractivity contribution in [2.24, 2.45) is 0 Å². The van der Waals surface area contributed by atoms with Crippen molar-refractivity contribution in [3.8, 4) is 29.4 Å². The van der Waals surface area contributed by atoms with Crippen LogP contribution in [-0.4, -0.2) is 39.1 Å². The number of halogens is 2. The Bertz CT molecular complexity index is 2370. The predicted molar refractivity (Wildman–Crippen MR) is 202 cm³/mol.